The molecule has 1 unspecified atom stereocenters. The maximum Gasteiger partial charge on any atom is 0.312 e. The normalized spacial score (nSPS) is 19.7. The Kier molecular flexibility index (Phi) is 5.75. The fourth-order valence-corrected chi connectivity index (χ4v) is 3.22. The van der Waals surface area contributed by atoms with Crippen LogP contribution in [0.5, 0.6) is 0 Å². The van der Waals surface area contributed by atoms with Gasteiger partial charge in [-0.05, 0) is 49.3 Å². The number of amides is 4. The molecule has 1 aromatic rings. The second-order valence-corrected chi connectivity index (χ2v) is 7.19. The van der Waals surface area contributed by atoms with Crippen molar-refractivity contribution in [3.63, 3.8) is 0 Å². The van der Waals surface area contributed by atoms with Crippen LogP contribution in [0.15, 0.2) is 24.3 Å². The molecule has 1 aliphatic heterocycles. The van der Waals surface area contributed by atoms with Crippen LogP contribution >= 0.6 is 0 Å². The van der Waals surface area contributed by atoms with Gasteiger partial charge in [-0.2, -0.15) is 0 Å². The number of piperidine rings is 1. The van der Waals surface area contributed by atoms with Crippen molar-refractivity contribution in [2.75, 3.05) is 19.6 Å². The Labute approximate surface area is 153 Å². The van der Waals surface area contributed by atoms with Gasteiger partial charge in [0.2, 0.25) is 5.91 Å². The van der Waals surface area contributed by atoms with Gasteiger partial charge in [0, 0.05) is 31.7 Å². The number of nitrogens with one attached hydrogen (secondary N) is 2. The van der Waals surface area contributed by atoms with Crippen LogP contribution in [0.1, 0.15) is 41.6 Å². The van der Waals surface area contributed by atoms with Crippen LogP contribution in [0.2, 0.25) is 0 Å². The number of carbonyl (C=O) groups excluding carboxylic acids is 3. The molecule has 4 N–H and O–H groups in total. The number of nitrogens with zero attached hydrogens (tertiary/aromatic N) is 1. The Morgan fingerprint density at radius 1 is 1.08 bits per heavy atom. The van der Waals surface area contributed by atoms with Crippen molar-refractivity contribution in [3.8, 4) is 0 Å². The van der Waals surface area contributed by atoms with Crippen molar-refractivity contribution in [2.24, 2.45) is 17.6 Å². The van der Waals surface area contributed by atoms with Crippen LogP contribution in [-0.2, 0) is 11.3 Å². The average Bonchev–Trinajstić information content (AvgIpc) is 3.49. The molecule has 1 heterocycles. The number of urea groups is 1. The van der Waals surface area contributed by atoms with Crippen molar-refractivity contribution < 1.29 is 14.4 Å². The molecule has 0 radical (unpaired) electrons. The van der Waals surface area contributed by atoms with Gasteiger partial charge in [-0.25, -0.2) is 4.79 Å². The molecule has 26 heavy (non-hydrogen) atoms. The molecule has 7 heteroatoms. The van der Waals surface area contributed by atoms with Crippen molar-refractivity contribution in [1.82, 2.24) is 15.5 Å². The fraction of sp³-hybridized carbons (Fsp3) is 0.526. The van der Waals surface area contributed by atoms with Crippen molar-refractivity contribution in [1.29, 1.82) is 0 Å². The largest absolute Gasteiger partial charge is 0.356 e. The van der Waals surface area contributed by atoms with Gasteiger partial charge in [0.25, 0.3) is 5.91 Å². The summed E-state index contributed by atoms with van der Waals surface area (Å²) in [5, 5.41) is 5.54. The first-order chi connectivity index (χ1) is 12.5. The molecule has 0 spiro atoms. The summed E-state index contributed by atoms with van der Waals surface area (Å²) < 4.78 is 0. The monoisotopic (exact) mass is 358 g/mol. The second-order valence-electron chi connectivity index (χ2n) is 7.19. The smallest absolute Gasteiger partial charge is 0.312 e. The Morgan fingerprint density at radius 3 is 2.46 bits per heavy atom. The van der Waals surface area contributed by atoms with Gasteiger partial charge < -0.3 is 21.3 Å². The minimum atomic E-state index is -0.579. The first-order valence-corrected chi connectivity index (χ1v) is 9.22. The van der Waals surface area contributed by atoms with Crippen LogP contribution in [0.4, 0.5) is 4.79 Å². The average molecular weight is 358 g/mol. The van der Waals surface area contributed by atoms with Gasteiger partial charge in [-0.3, -0.25) is 9.59 Å². The number of hydrogen-bond donors (Lipinski definition) is 3. The van der Waals surface area contributed by atoms with Crippen LogP contribution in [0.25, 0.3) is 0 Å². The lowest BCUT2D eigenvalue weighted by molar-refractivity contribution is -0.126. The molecular weight excluding hydrogens is 332 g/mol. The highest BCUT2D eigenvalue weighted by Crippen LogP contribution is 2.28. The summed E-state index contributed by atoms with van der Waals surface area (Å²) in [5.41, 5.74) is 6.51. The lowest BCUT2D eigenvalue weighted by Gasteiger charge is -2.32. The number of carbonyl (C=O) groups is 3. The SMILES string of the molecule is NC(=O)NCc1ccc(C(=O)N2CCCC(C(=O)NCC3CC3)C2)cc1. The van der Waals surface area contributed by atoms with E-state index in [1.165, 1.54) is 12.8 Å². The van der Waals surface area contributed by atoms with Gasteiger partial charge in [0.05, 0.1) is 5.92 Å². The molecule has 1 atom stereocenters. The van der Waals surface area contributed by atoms with Gasteiger partial charge in [-0.15, -0.1) is 0 Å². The number of primary amides is 1. The Bertz CT molecular complexity index is 670. The molecule has 2 fully saturated rings. The standard InChI is InChI=1S/C19H26N4O3/c20-19(26)22-11-14-5-7-15(8-6-14)18(25)23-9-1-2-16(12-23)17(24)21-10-13-3-4-13/h5-8,13,16H,1-4,9-12H2,(H,21,24)(H3,20,22,26). The maximum atomic E-state index is 12.7. The lowest BCUT2D eigenvalue weighted by Crippen LogP contribution is -2.45. The molecule has 4 amide bonds. The number of nitrogens with two attached hydrogens (primary N) is 1. The maximum absolute atomic E-state index is 12.7. The third-order valence-electron chi connectivity index (χ3n) is 5.01. The molecular formula is C19H26N4O3. The van der Waals surface area contributed by atoms with E-state index in [4.69, 9.17) is 5.73 Å². The van der Waals surface area contributed by atoms with Crippen LogP contribution < -0.4 is 16.4 Å². The van der Waals surface area contributed by atoms with E-state index < -0.39 is 6.03 Å². The summed E-state index contributed by atoms with van der Waals surface area (Å²) >= 11 is 0. The van der Waals surface area contributed by atoms with Crippen molar-refractivity contribution in [3.05, 3.63) is 35.4 Å². The van der Waals surface area contributed by atoms with Crippen molar-refractivity contribution in [2.45, 2.75) is 32.2 Å². The molecule has 1 saturated carbocycles. The second kappa shape index (κ2) is 8.21. The summed E-state index contributed by atoms with van der Waals surface area (Å²) in [4.78, 5) is 37.5. The van der Waals surface area contributed by atoms with Crippen molar-refractivity contribution >= 4 is 17.8 Å². The predicted molar refractivity (Wildman–Crippen MR) is 97.2 cm³/mol. The summed E-state index contributed by atoms with van der Waals surface area (Å²) in [5.74, 6) is 0.551. The summed E-state index contributed by atoms with van der Waals surface area (Å²) in [6.45, 7) is 2.25. The number of likely N-dealkylation sites (tertiary alicyclic amines) is 1. The zero-order valence-electron chi connectivity index (χ0n) is 14.9. The highest BCUT2D eigenvalue weighted by Gasteiger charge is 2.30. The van der Waals surface area contributed by atoms with E-state index in [1.807, 2.05) is 0 Å². The van der Waals surface area contributed by atoms with Crippen LogP contribution in [0.3, 0.4) is 0 Å². The van der Waals surface area contributed by atoms with E-state index in [2.05, 4.69) is 10.6 Å². The highest BCUT2D eigenvalue weighted by atomic mass is 16.2. The number of rotatable bonds is 6. The Morgan fingerprint density at radius 2 is 1.81 bits per heavy atom. The topological polar surface area (TPSA) is 105 Å². The number of benzene rings is 1. The molecule has 1 saturated heterocycles. The zero-order chi connectivity index (χ0) is 18.5. The van der Waals surface area contributed by atoms with E-state index in [0.717, 1.165) is 24.9 Å². The first kappa shape index (κ1) is 18.2. The highest BCUT2D eigenvalue weighted by molar-refractivity contribution is 5.94. The fourth-order valence-electron chi connectivity index (χ4n) is 3.22. The van der Waals surface area contributed by atoms with E-state index in [-0.39, 0.29) is 17.7 Å². The van der Waals surface area contributed by atoms with E-state index in [0.29, 0.717) is 31.1 Å². The van der Waals surface area contributed by atoms with Crippen LogP contribution in [0, 0.1) is 11.8 Å². The Hall–Kier alpha value is -2.57. The molecule has 7 nitrogen and oxygen atoms in total. The lowest BCUT2D eigenvalue weighted by atomic mass is 9.96. The van der Waals surface area contributed by atoms with E-state index in [9.17, 15) is 14.4 Å². The molecule has 0 aromatic heterocycles. The molecule has 140 valence electrons. The molecule has 1 aromatic carbocycles. The summed E-state index contributed by atoms with van der Waals surface area (Å²) in [7, 11) is 0. The summed E-state index contributed by atoms with van der Waals surface area (Å²) in [6, 6.07) is 6.51. The Balaban J connectivity index is 1.54. The number of hydrogen-bond acceptors (Lipinski definition) is 3. The predicted octanol–water partition coefficient (Wildman–Crippen LogP) is 1.23. The van der Waals surface area contributed by atoms with Gasteiger partial charge in [0.15, 0.2) is 0 Å². The van der Waals surface area contributed by atoms with Gasteiger partial charge in [-0.1, -0.05) is 12.1 Å². The third kappa shape index (κ3) is 4.97. The van der Waals surface area contributed by atoms with E-state index >= 15 is 0 Å². The molecule has 2 aliphatic rings. The van der Waals surface area contributed by atoms with Gasteiger partial charge >= 0.3 is 6.03 Å². The minimum Gasteiger partial charge on any atom is -0.356 e. The van der Waals surface area contributed by atoms with E-state index in [1.54, 1.807) is 29.2 Å². The minimum absolute atomic E-state index is 0.0564. The zero-order valence-corrected chi connectivity index (χ0v) is 14.9. The molecule has 1 aliphatic carbocycles. The molecule has 0 bridgehead atoms. The molecule has 3 rings (SSSR count). The first-order valence-electron chi connectivity index (χ1n) is 9.22. The summed E-state index contributed by atoms with van der Waals surface area (Å²) in [6.07, 6.45) is 4.09. The van der Waals surface area contributed by atoms with Crippen LogP contribution in [-0.4, -0.2) is 42.4 Å². The van der Waals surface area contributed by atoms with Gasteiger partial charge in [0.1, 0.15) is 0 Å². The third-order valence-corrected chi connectivity index (χ3v) is 5.01. The quantitative estimate of drug-likeness (QED) is 0.712.